The summed E-state index contributed by atoms with van der Waals surface area (Å²) in [5.41, 5.74) is 6.84. The van der Waals surface area contributed by atoms with Crippen LogP contribution in [0, 0.1) is 0 Å². The number of benzene rings is 1. The fourth-order valence-corrected chi connectivity index (χ4v) is 1.55. The third-order valence-corrected chi connectivity index (χ3v) is 2.48. The van der Waals surface area contributed by atoms with Gasteiger partial charge in [-0.3, -0.25) is 4.79 Å². The average molecular weight is 234 g/mol. The largest absolute Gasteiger partial charge is 0.425 e. The van der Waals surface area contributed by atoms with Crippen molar-refractivity contribution in [2.75, 3.05) is 5.73 Å². The highest BCUT2D eigenvalue weighted by atomic mass is 32.1. The van der Waals surface area contributed by atoms with Crippen LogP contribution in [0.5, 0.6) is 0 Å². The van der Waals surface area contributed by atoms with E-state index in [4.69, 9.17) is 10.2 Å². The molecule has 0 saturated heterocycles. The predicted molar refractivity (Wildman–Crippen MR) is 65.3 cm³/mol. The van der Waals surface area contributed by atoms with Crippen LogP contribution in [0.3, 0.4) is 0 Å². The molecule has 1 aromatic heterocycles. The number of aromatic nitrogens is 1. The van der Waals surface area contributed by atoms with Crippen molar-refractivity contribution in [2.24, 2.45) is 0 Å². The molecule has 4 nitrogen and oxygen atoms in total. The van der Waals surface area contributed by atoms with Crippen molar-refractivity contribution < 1.29 is 4.42 Å². The van der Waals surface area contributed by atoms with Gasteiger partial charge in [-0.15, -0.1) is 0 Å². The Bertz CT molecular complexity index is 549. The molecule has 0 spiro atoms. The topological polar surface area (TPSA) is 69.1 Å². The number of rotatable bonds is 2. The van der Waals surface area contributed by atoms with Gasteiger partial charge in [0.1, 0.15) is 5.76 Å². The molecule has 0 aliphatic carbocycles. The van der Waals surface area contributed by atoms with E-state index in [2.05, 4.69) is 17.6 Å². The molecule has 2 N–H and O–H groups in total. The second-order valence-corrected chi connectivity index (χ2v) is 3.57. The highest BCUT2D eigenvalue weighted by Crippen LogP contribution is 2.19. The molecule has 2 rings (SSSR count). The van der Waals surface area contributed by atoms with Gasteiger partial charge in [0.25, 0.3) is 11.6 Å². The highest BCUT2D eigenvalue weighted by Gasteiger charge is 2.03. The predicted octanol–water partition coefficient (Wildman–Crippen LogP) is 1.71. The van der Waals surface area contributed by atoms with Crippen molar-refractivity contribution in [3.05, 3.63) is 46.2 Å². The Morgan fingerprint density at radius 3 is 2.56 bits per heavy atom. The van der Waals surface area contributed by atoms with Crippen molar-refractivity contribution >= 4 is 18.6 Å². The van der Waals surface area contributed by atoms with E-state index in [1.807, 2.05) is 24.3 Å². The van der Waals surface area contributed by atoms with Crippen LogP contribution >= 0.6 is 12.6 Å². The van der Waals surface area contributed by atoms with Crippen molar-refractivity contribution in [3.8, 4) is 11.3 Å². The maximum Gasteiger partial charge on any atom is 0.295 e. The van der Waals surface area contributed by atoms with E-state index in [0.717, 1.165) is 11.1 Å². The fourth-order valence-electron chi connectivity index (χ4n) is 1.33. The molecule has 0 amide bonds. The zero-order chi connectivity index (χ0) is 11.5. The minimum atomic E-state index is -0.406. The molecule has 1 aromatic carbocycles. The molecular formula is C11H10N2O2S. The maximum atomic E-state index is 11.1. The summed E-state index contributed by atoms with van der Waals surface area (Å²) in [4.78, 5) is 14.6. The van der Waals surface area contributed by atoms with Crippen LogP contribution in [0.25, 0.3) is 11.3 Å². The quantitative estimate of drug-likeness (QED) is 0.776. The zero-order valence-electron chi connectivity index (χ0n) is 8.38. The average Bonchev–Trinajstić information content (AvgIpc) is 2.28. The number of hydrogen-bond acceptors (Lipinski definition) is 5. The lowest BCUT2D eigenvalue weighted by Gasteiger charge is -2.01. The first-order valence-corrected chi connectivity index (χ1v) is 5.30. The number of anilines is 1. The van der Waals surface area contributed by atoms with E-state index in [1.54, 1.807) is 0 Å². The van der Waals surface area contributed by atoms with E-state index in [1.165, 1.54) is 6.07 Å². The molecule has 1 heterocycles. The fraction of sp³-hybridized carbons (Fsp3) is 0.0909. The Morgan fingerprint density at radius 1 is 1.31 bits per heavy atom. The van der Waals surface area contributed by atoms with Gasteiger partial charge in [0, 0.05) is 17.4 Å². The Kier molecular flexibility index (Phi) is 2.96. The van der Waals surface area contributed by atoms with Gasteiger partial charge in [0.05, 0.1) is 0 Å². The number of nitrogens with two attached hydrogens (primary N) is 1. The molecule has 0 saturated carbocycles. The highest BCUT2D eigenvalue weighted by molar-refractivity contribution is 7.79. The molecule has 0 atom stereocenters. The minimum absolute atomic E-state index is 0.124. The van der Waals surface area contributed by atoms with Crippen LogP contribution in [-0.2, 0) is 5.75 Å². The molecule has 0 radical (unpaired) electrons. The van der Waals surface area contributed by atoms with E-state index < -0.39 is 5.56 Å². The summed E-state index contributed by atoms with van der Waals surface area (Å²) < 4.78 is 5.17. The molecule has 0 bridgehead atoms. The summed E-state index contributed by atoms with van der Waals surface area (Å²) in [5.74, 6) is 1.09. The maximum absolute atomic E-state index is 11.1. The third kappa shape index (κ3) is 2.25. The Hall–Kier alpha value is -1.75. The normalized spacial score (nSPS) is 10.3. The van der Waals surface area contributed by atoms with E-state index in [9.17, 15) is 4.79 Å². The van der Waals surface area contributed by atoms with E-state index in [-0.39, 0.29) is 6.01 Å². The summed E-state index contributed by atoms with van der Waals surface area (Å²) >= 11 is 4.16. The monoisotopic (exact) mass is 234 g/mol. The lowest BCUT2D eigenvalue weighted by molar-refractivity contribution is 0.564. The number of thiol groups is 1. The standard InChI is InChI=1S/C11H10N2O2S/c12-11-13-10(14)5-9(15-11)8-3-1-7(6-16)2-4-8/h1-5,16H,6H2,(H2,12,13,14). The van der Waals surface area contributed by atoms with Crippen LogP contribution < -0.4 is 11.3 Å². The molecule has 2 aromatic rings. The Balaban J connectivity index is 2.46. The second-order valence-electron chi connectivity index (χ2n) is 3.25. The summed E-state index contributed by atoms with van der Waals surface area (Å²) in [6, 6.07) is 8.72. The molecule has 82 valence electrons. The summed E-state index contributed by atoms with van der Waals surface area (Å²) in [5, 5.41) is 0. The molecule has 0 aliphatic heterocycles. The molecule has 5 heteroatoms. The van der Waals surface area contributed by atoms with Crippen molar-refractivity contribution in [3.63, 3.8) is 0 Å². The lowest BCUT2D eigenvalue weighted by atomic mass is 10.1. The summed E-state index contributed by atoms with van der Waals surface area (Å²) in [6.45, 7) is 0. The molecular weight excluding hydrogens is 224 g/mol. The molecule has 0 fully saturated rings. The second kappa shape index (κ2) is 4.40. The van der Waals surface area contributed by atoms with E-state index in [0.29, 0.717) is 11.5 Å². The number of hydrogen-bond donors (Lipinski definition) is 2. The smallest absolute Gasteiger partial charge is 0.295 e. The van der Waals surface area contributed by atoms with E-state index >= 15 is 0 Å². The van der Waals surface area contributed by atoms with Gasteiger partial charge in [-0.05, 0) is 5.56 Å². The molecule has 0 unspecified atom stereocenters. The molecule has 16 heavy (non-hydrogen) atoms. The Morgan fingerprint density at radius 2 is 2.00 bits per heavy atom. The minimum Gasteiger partial charge on any atom is -0.425 e. The van der Waals surface area contributed by atoms with Gasteiger partial charge in [-0.2, -0.15) is 17.6 Å². The van der Waals surface area contributed by atoms with Crippen LogP contribution in [-0.4, -0.2) is 4.98 Å². The van der Waals surface area contributed by atoms with Crippen LogP contribution in [0.1, 0.15) is 5.56 Å². The first-order valence-electron chi connectivity index (χ1n) is 4.67. The SMILES string of the molecule is Nc1nc(=O)cc(-c2ccc(CS)cc2)o1. The Labute approximate surface area is 97.5 Å². The van der Waals surface area contributed by atoms with Gasteiger partial charge < -0.3 is 10.2 Å². The first kappa shape index (κ1) is 10.8. The van der Waals surface area contributed by atoms with Gasteiger partial charge >= 0.3 is 0 Å². The summed E-state index contributed by atoms with van der Waals surface area (Å²) in [6.07, 6.45) is 0. The van der Waals surface area contributed by atoms with Crippen molar-refractivity contribution in [1.82, 2.24) is 4.98 Å². The van der Waals surface area contributed by atoms with Gasteiger partial charge in [-0.25, -0.2) is 0 Å². The molecule has 0 aliphatic rings. The van der Waals surface area contributed by atoms with Crippen LogP contribution in [0.15, 0.2) is 39.5 Å². The van der Waals surface area contributed by atoms with Gasteiger partial charge in [0.2, 0.25) is 0 Å². The first-order chi connectivity index (χ1) is 7.69. The van der Waals surface area contributed by atoms with Gasteiger partial charge in [0.15, 0.2) is 0 Å². The lowest BCUT2D eigenvalue weighted by Crippen LogP contribution is -2.07. The van der Waals surface area contributed by atoms with Crippen LogP contribution in [0.4, 0.5) is 6.01 Å². The number of nitrogen functional groups attached to an aromatic ring is 1. The summed E-state index contributed by atoms with van der Waals surface area (Å²) in [7, 11) is 0. The van der Waals surface area contributed by atoms with Crippen molar-refractivity contribution in [2.45, 2.75) is 5.75 Å². The van der Waals surface area contributed by atoms with Crippen LogP contribution in [0.2, 0.25) is 0 Å². The zero-order valence-corrected chi connectivity index (χ0v) is 9.28. The number of nitrogens with zero attached hydrogens (tertiary/aromatic N) is 1. The third-order valence-electron chi connectivity index (χ3n) is 2.11. The van der Waals surface area contributed by atoms with Crippen molar-refractivity contribution in [1.29, 1.82) is 0 Å². The van der Waals surface area contributed by atoms with Gasteiger partial charge in [-0.1, -0.05) is 24.3 Å².